The van der Waals surface area contributed by atoms with E-state index in [1.54, 1.807) is 11.3 Å². The molecular weight excluding hydrogens is 296 g/mol. The van der Waals surface area contributed by atoms with E-state index in [1.807, 2.05) is 19.9 Å². The van der Waals surface area contributed by atoms with Crippen molar-refractivity contribution >= 4 is 17.3 Å². The van der Waals surface area contributed by atoms with Crippen LogP contribution in [0.25, 0.3) is 0 Å². The van der Waals surface area contributed by atoms with Crippen molar-refractivity contribution in [2.75, 3.05) is 6.61 Å². The molecule has 22 heavy (non-hydrogen) atoms. The molecule has 0 saturated carbocycles. The monoisotopic (exact) mass is 326 g/mol. The van der Waals surface area contributed by atoms with Crippen LogP contribution < -0.4 is 0 Å². The van der Waals surface area contributed by atoms with E-state index in [0.717, 1.165) is 19.3 Å². The molecule has 1 heterocycles. The van der Waals surface area contributed by atoms with Crippen LogP contribution >= 0.6 is 11.3 Å². The number of carbonyl (C=O) groups is 1. The first-order valence-electron chi connectivity index (χ1n) is 8.29. The first-order chi connectivity index (χ1) is 10.4. The predicted octanol–water partition coefficient (Wildman–Crippen LogP) is 5.05. The molecule has 1 aromatic rings. The van der Waals surface area contributed by atoms with Crippen molar-refractivity contribution in [3.63, 3.8) is 0 Å². The maximum absolute atomic E-state index is 12.6. The van der Waals surface area contributed by atoms with E-state index < -0.39 is 11.7 Å². The standard InChI is InChI=1S/C18H30O3S/c1-6-11-18(5,14(3)4)17(19)21-16(7-2)20-12-10-15-9-8-13-22-15/h8-9,13-14,16H,6-7,10-12H2,1-5H3. The number of thiophene rings is 1. The van der Waals surface area contributed by atoms with Crippen LogP contribution in [0.5, 0.6) is 0 Å². The van der Waals surface area contributed by atoms with Crippen LogP contribution in [0.4, 0.5) is 0 Å². The maximum atomic E-state index is 12.6. The van der Waals surface area contributed by atoms with Crippen LogP contribution in [0.15, 0.2) is 17.5 Å². The van der Waals surface area contributed by atoms with Gasteiger partial charge in [0.2, 0.25) is 6.29 Å². The van der Waals surface area contributed by atoms with Gasteiger partial charge in [-0.05, 0) is 30.7 Å². The average Bonchev–Trinajstić information content (AvgIpc) is 2.99. The summed E-state index contributed by atoms with van der Waals surface area (Å²) in [5, 5.41) is 2.06. The van der Waals surface area contributed by atoms with E-state index in [9.17, 15) is 4.79 Å². The summed E-state index contributed by atoms with van der Waals surface area (Å²) in [4.78, 5) is 13.8. The van der Waals surface area contributed by atoms with E-state index in [4.69, 9.17) is 9.47 Å². The molecule has 2 atom stereocenters. The van der Waals surface area contributed by atoms with Gasteiger partial charge in [0.15, 0.2) is 0 Å². The fourth-order valence-corrected chi connectivity index (χ4v) is 3.07. The molecule has 0 N–H and O–H groups in total. The average molecular weight is 327 g/mol. The van der Waals surface area contributed by atoms with Crippen molar-refractivity contribution in [2.45, 2.75) is 66.6 Å². The molecule has 4 heteroatoms. The maximum Gasteiger partial charge on any atom is 0.314 e. The van der Waals surface area contributed by atoms with Crippen molar-refractivity contribution < 1.29 is 14.3 Å². The lowest BCUT2D eigenvalue weighted by atomic mass is 9.75. The minimum Gasteiger partial charge on any atom is -0.435 e. The zero-order valence-corrected chi connectivity index (χ0v) is 15.4. The summed E-state index contributed by atoms with van der Waals surface area (Å²) in [6, 6.07) is 4.13. The Morgan fingerprint density at radius 1 is 1.36 bits per heavy atom. The molecule has 2 unspecified atom stereocenters. The van der Waals surface area contributed by atoms with E-state index in [2.05, 4.69) is 32.2 Å². The third-order valence-corrected chi connectivity index (χ3v) is 5.25. The fraction of sp³-hybridized carbons (Fsp3) is 0.722. The van der Waals surface area contributed by atoms with Gasteiger partial charge < -0.3 is 9.47 Å². The van der Waals surface area contributed by atoms with Gasteiger partial charge in [0.1, 0.15) is 0 Å². The zero-order chi connectivity index (χ0) is 16.6. The second kappa shape index (κ2) is 9.31. The number of hydrogen-bond donors (Lipinski definition) is 0. The molecule has 3 nitrogen and oxygen atoms in total. The molecule has 0 aliphatic rings. The Hall–Kier alpha value is -0.870. The molecule has 0 fully saturated rings. The largest absolute Gasteiger partial charge is 0.435 e. The summed E-state index contributed by atoms with van der Waals surface area (Å²) in [6.45, 7) is 10.8. The van der Waals surface area contributed by atoms with E-state index >= 15 is 0 Å². The number of esters is 1. The Kier molecular flexibility index (Phi) is 8.12. The highest BCUT2D eigenvalue weighted by Gasteiger charge is 2.38. The van der Waals surface area contributed by atoms with E-state index in [-0.39, 0.29) is 11.9 Å². The predicted molar refractivity (Wildman–Crippen MR) is 92.0 cm³/mol. The summed E-state index contributed by atoms with van der Waals surface area (Å²) in [7, 11) is 0. The van der Waals surface area contributed by atoms with Crippen LogP contribution in [-0.4, -0.2) is 18.9 Å². The lowest BCUT2D eigenvalue weighted by molar-refractivity contribution is -0.192. The number of ether oxygens (including phenoxy) is 2. The molecule has 1 rings (SSSR count). The molecule has 0 aromatic carbocycles. The molecule has 0 aliphatic heterocycles. The Balaban J connectivity index is 2.51. The summed E-state index contributed by atoms with van der Waals surface area (Å²) in [5.41, 5.74) is -0.431. The van der Waals surface area contributed by atoms with Gasteiger partial charge in [0.05, 0.1) is 12.0 Å². The van der Waals surface area contributed by atoms with Crippen LogP contribution in [0.2, 0.25) is 0 Å². The normalized spacial score (nSPS) is 15.5. The first-order valence-corrected chi connectivity index (χ1v) is 9.17. The molecular formula is C18H30O3S. The van der Waals surface area contributed by atoms with Crippen molar-refractivity contribution in [3.8, 4) is 0 Å². The summed E-state index contributed by atoms with van der Waals surface area (Å²) in [6.07, 6.45) is 2.91. The summed E-state index contributed by atoms with van der Waals surface area (Å²) in [5.74, 6) is 0.121. The van der Waals surface area contributed by atoms with Crippen molar-refractivity contribution in [1.29, 1.82) is 0 Å². The molecule has 0 spiro atoms. The summed E-state index contributed by atoms with van der Waals surface area (Å²) >= 11 is 1.72. The summed E-state index contributed by atoms with van der Waals surface area (Å²) < 4.78 is 11.4. The minimum absolute atomic E-state index is 0.132. The number of carbonyl (C=O) groups excluding carboxylic acids is 1. The molecule has 0 saturated heterocycles. The highest BCUT2D eigenvalue weighted by Crippen LogP contribution is 2.34. The highest BCUT2D eigenvalue weighted by atomic mass is 32.1. The molecule has 126 valence electrons. The van der Waals surface area contributed by atoms with Crippen molar-refractivity contribution in [2.24, 2.45) is 11.3 Å². The Morgan fingerprint density at radius 3 is 2.59 bits per heavy atom. The molecule has 0 radical (unpaired) electrons. The zero-order valence-electron chi connectivity index (χ0n) is 14.6. The van der Waals surface area contributed by atoms with Gasteiger partial charge in [0, 0.05) is 17.7 Å². The first kappa shape index (κ1) is 19.2. The van der Waals surface area contributed by atoms with Crippen LogP contribution in [-0.2, 0) is 20.7 Å². The van der Waals surface area contributed by atoms with Gasteiger partial charge in [-0.1, -0.05) is 40.2 Å². The SMILES string of the molecule is CCCC(C)(C(=O)OC(CC)OCCc1cccs1)C(C)C. The van der Waals surface area contributed by atoms with E-state index in [0.29, 0.717) is 13.0 Å². The van der Waals surface area contributed by atoms with Crippen LogP contribution in [0.3, 0.4) is 0 Å². The highest BCUT2D eigenvalue weighted by molar-refractivity contribution is 7.09. The van der Waals surface area contributed by atoms with Crippen molar-refractivity contribution in [1.82, 2.24) is 0 Å². The lowest BCUT2D eigenvalue weighted by Crippen LogP contribution is -2.38. The molecule has 0 amide bonds. The second-order valence-electron chi connectivity index (χ2n) is 6.27. The fourth-order valence-electron chi connectivity index (χ4n) is 2.38. The quantitative estimate of drug-likeness (QED) is 0.446. The van der Waals surface area contributed by atoms with Crippen molar-refractivity contribution in [3.05, 3.63) is 22.4 Å². The Bertz CT molecular complexity index is 428. The molecule has 0 bridgehead atoms. The molecule has 0 aliphatic carbocycles. The minimum atomic E-state index is -0.442. The Labute approximate surface area is 139 Å². The Morgan fingerprint density at radius 2 is 2.09 bits per heavy atom. The van der Waals surface area contributed by atoms with Gasteiger partial charge in [-0.15, -0.1) is 11.3 Å². The van der Waals surface area contributed by atoms with Crippen LogP contribution in [0, 0.1) is 11.3 Å². The number of rotatable bonds is 10. The van der Waals surface area contributed by atoms with Gasteiger partial charge in [-0.3, -0.25) is 4.79 Å². The molecule has 1 aromatic heterocycles. The van der Waals surface area contributed by atoms with Gasteiger partial charge >= 0.3 is 5.97 Å². The lowest BCUT2D eigenvalue weighted by Gasteiger charge is -2.32. The third-order valence-electron chi connectivity index (χ3n) is 4.31. The topological polar surface area (TPSA) is 35.5 Å². The van der Waals surface area contributed by atoms with Gasteiger partial charge in [-0.2, -0.15) is 0 Å². The van der Waals surface area contributed by atoms with Gasteiger partial charge in [-0.25, -0.2) is 0 Å². The third kappa shape index (κ3) is 5.40. The van der Waals surface area contributed by atoms with Gasteiger partial charge in [0.25, 0.3) is 0 Å². The smallest absolute Gasteiger partial charge is 0.314 e. The van der Waals surface area contributed by atoms with E-state index in [1.165, 1.54) is 4.88 Å². The second-order valence-corrected chi connectivity index (χ2v) is 7.30. The van der Waals surface area contributed by atoms with Crippen LogP contribution in [0.1, 0.15) is 58.8 Å². The number of hydrogen-bond acceptors (Lipinski definition) is 4.